The molecule has 0 unspecified atom stereocenters. The van der Waals surface area contributed by atoms with Crippen LogP contribution in [0, 0.1) is 11.7 Å². The standard InChI is InChI=1S/C32H38F3N3O5/c1-30(2,3)43-28(39)31(15-17-41-18-16-31)22-9-10-23-26(24(22)33)37-27(36-23)25(21-11-13-32(34,35)14-12-21)38-29(40)42-19-20-7-5-4-6-8-20/h4-10,21,25H,11-19H2,1-3H3,(H,36,37)(H,38,40)/t25-/m0/s1. The number of esters is 1. The molecule has 1 aromatic heterocycles. The van der Waals surface area contributed by atoms with Crippen LogP contribution in [0.25, 0.3) is 11.0 Å². The highest BCUT2D eigenvalue weighted by Crippen LogP contribution is 2.43. The minimum absolute atomic E-state index is 0.00693. The fraction of sp³-hybridized carbons (Fsp3) is 0.531. The zero-order chi connectivity index (χ0) is 30.8. The Morgan fingerprint density at radius 3 is 2.40 bits per heavy atom. The molecule has 2 fully saturated rings. The molecular weight excluding hydrogens is 563 g/mol. The fourth-order valence-electron chi connectivity index (χ4n) is 5.95. The van der Waals surface area contributed by atoms with Crippen molar-refractivity contribution in [3.63, 3.8) is 0 Å². The summed E-state index contributed by atoms with van der Waals surface area (Å²) in [6, 6.07) is 11.5. The highest BCUT2D eigenvalue weighted by molar-refractivity contribution is 5.87. The Hall–Kier alpha value is -3.60. The number of carbonyl (C=O) groups excluding carboxylic acids is 2. The second kappa shape index (κ2) is 12.2. The number of imidazole rings is 1. The van der Waals surface area contributed by atoms with E-state index in [4.69, 9.17) is 14.2 Å². The molecule has 1 atom stereocenters. The molecule has 0 radical (unpaired) electrons. The predicted molar refractivity (Wildman–Crippen MR) is 153 cm³/mol. The molecule has 1 amide bonds. The number of amides is 1. The van der Waals surface area contributed by atoms with Gasteiger partial charge in [0, 0.05) is 31.6 Å². The average Bonchev–Trinajstić information content (AvgIpc) is 3.40. The maximum atomic E-state index is 16.3. The molecule has 2 heterocycles. The summed E-state index contributed by atoms with van der Waals surface area (Å²) < 4.78 is 61.0. The second-order valence-corrected chi connectivity index (χ2v) is 12.5. The second-order valence-electron chi connectivity index (χ2n) is 12.5. The first-order valence-corrected chi connectivity index (χ1v) is 14.7. The average molecular weight is 602 g/mol. The van der Waals surface area contributed by atoms with Gasteiger partial charge >= 0.3 is 12.1 Å². The van der Waals surface area contributed by atoms with Crippen molar-refractivity contribution in [3.8, 4) is 0 Å². The van der Waals surface area contributed by atoms with Crippen molar-refractivity contribution in [1.29, 1.82) is 0 Å². The molecular formula is C32H38F3N3O5. The minimum atomic E-state index is -2.77. The molecule has 5 rings (SSSR count). The first kappa shape index (κ1) is 30.8. The van der Waals surface area contributed by atoms with Crippen molar-refractivity contribution in [1.82, 2.24) is 15.3 Å². The van der Waals surface area contributed by atoms with Crippen LogP contribution in [-0.2, 0) is 31.0 Å². The van der Waals surface area contributed by atoms with E-state index < -0.39 is 40.9 Å². The van der Waals surface area contributed by atoms with Crippen LogP contribution in [-0.4, -0.2) is 46.8 Å². The van der Waals surface area contributed by atoms with Gasteiger partial charge in [-0.05, 0) is 64.0 Å². The van der Waals surface area contributed by atoms with Crippen LogP contribution in [0.5, 0.6) is 0 Å². The molecule has 2 N–H and O–H groups in total. The van der Waals surface area contributed by atoms with E-state index in [1.54, 1.807) is 32.9 Å². The third kappa shape index (κ3) is 6.98. The predicted octanol–water partition coefficient (Wildman–Crippen LogP) is 6.88. The smallest absolute Gasteiger partial charge is 0.408 e. The summed E-state index contributed by atoms with van der Waals surface area (Å²) >= 11 is 0. The Labute approximate surface area is 248 Å². The summed E-state index contributed by atoms with van der Waals surface area (Å²) in [6.45, 7) is 5.85. The van der Waals surface area contributed by atoms with Gasteiger partial charge < -0.3 is 24.5 Å². The molecule has 1 saturated carbocycles. The first-order valence-electron chi connectivity index (χ1n) is 14.7. The van der Waals surface area contributed by atoms with Crippen LogP contribution in [0.4, 0.5) is 18.0 Å². The lowest BCUT2D eigenvalue weighted by molar-refractivity contribution is -0.166. The van der Waals surface area contributed by atoms with Crippen molar-refractivity contribution < 1.29 is 37.0 Å². The number of H-pyrrole nitrogens is 1. The first-order chi connectivity index (χ1) is 20.4. The normalized spacial score (nSPS) is 19.5. The monoisotopic (exact) mass is 601 g/mol. The van der Waals surface area contributed by atoms with E-state index in [9.17, 15) is 18.4 Å². The summed E-state index contributed by atoms with van der Waals surface area (Å²) in [5, 5.41) is 2.80. The third-order valence-electron chi connectivity index (χ3n) is 8.28. The van der Waals surface area contributed by atoms with Crippen LogP contribution in [0.15, 0.2) is 42.5 Å². The summed E-state index contributed by atoms with van der Waals surface area (Å²) in [4.78, 5) is 34.0. The van der Waals surface area contributed by atoms with E-state index in [1.165, 1.54) is 0 Å². The van der Waals surface area contributed by atoms with Gasteiger partial charge in [0.15, 0.2) is 5.82 Å². The topological polar surface area (TPSA) is 103 Å². The molecule has 2 aliphatic rings. The van der Waals surface area contributed by atoms with Crippen LogP contribution in [0.2, 0.25) is 0 Å². The quantitative estimate of drug-likeness (QED) is 0.286. The van der Waals surface area contributed by atoms with Gasteiger partial charge in [-0.2, -0.15) is 0 Å². The van der Waals surface area contributed by atoms with Gasteiger partial charge in [-0.3, -0.25) is 4.79 Å². The number of alkyl halides is 2. The van der Waals surface area contributed by atoms with Crippen molar-refractivity contribution in [3.05, 3.63) is 65.2 Å². The van der Waals surface area contributed by atoms with Crippen LogP contribution in [0.1, 0.15) is 82.3 Å². The van der Waals surface area contributed by atoms with Gasteiger partial charge in [0.1, 0.15) is 29.0 Å². The van der Waals surface area contributed by atoms with Crippen molar-refractivity contribution in [2.45, 2.75) is 88.9 Å². The van der Waals surface area contributed by atoms with E-state index in [1.807, 2.05) is 30.3 Å². The Balaban J connectivity index is 1.46. The number of carbonyl (C=O) groups is 2. The lowest BCUT2D eigenvalue weighted by atomic mass is 9.73. The zero-order valence-electron chi connectivity index (χ0n) is 24.7. The number of benzene rings is 2. The molecule has 232 valence electrons. The molecule has 0 bridgehead atoms. The molecule has 1 aliphatic carbocycles. The van der Waals surface area contributed by atoms with E-state index in [2.05, 4.69) is 15.3 Å². The van der Waals surface area contributed by atoms with Crippen LogP contribution in [0.3, 0.4) is 0 Å². The number of rotatable bonds is 7. The fourth-order valence-corrected chi connectivity index (χ4v) is 5.95. The lowest BCUT2D eigenvalue weighted by Gasteiger charge is -2.37. The SMILES string of the molecule is CC(C)(C)OC(=O)C1(c2ccc3[nH]c([C@@H](NC(=O)OCc4ccccc4)C4CCC(F)(F)CC4)nc3c2F)CCOCC1. The molecule has 11 heteroatoms. The minimum Gasteiger partial charge on any atom is -0.459 e. The van der Waals surface area contributed by atoms with Crippen molar-refractivity contribution in [2.75, 3.05) is 13.2 Å². The number of hydrogen-bond acceptors (Lipinski definition) is 6. The van der Waals surface area contributed by atoms with Crippen LogP contribution < -0.4 is 5.32 Å². The number of alkyl carbamates (subject to hydrolysis) is 1. The number of fused-ring (bicyclic) bond motifs is 1. The molecule has 3 aromatic rings. The van der Waals surface area contributed by atoms with Gasteiger partial charge in [0.2, 0.25) is 5.92 Å². The molecule has 2 aromatic carbocycles. The van der Waals surface area contributed by atoms with Crippen molar-refractivity contribution >= 4 is 23.1 Å². The summed E-state index contributed by atoms with van der Waals surface area (Å²) in [5.41, 5.74) is -0.721. The molecule has 1 aliphatic heterocycles. The van der Waals surface area contributed by atoms with Gasteiger partial charge in [-0.1, -0.05) is 36.4 Å². The number of aromatic amines is 1. The van der Waals surface area contributed by atoms with Gasteiger partial charge in [0.05, 0.1) is 11.6 Å². The van der Waals surface area contributed by atoms with Gasteiger partial charge in [-0.15, -0.1) is 0 Å². The summed E-state index contributed by atoms with van der Waals surface area (Å²) in [7, 11) is 0. The van der Waals surface area contributed by atoms with Gasteiger partial charge in [0.25, 0.3) is 0 Å². The number of nitrogens with zero attached hydrogens (tertiary/aromatic N) is 1. The molecule has 43 heavy (non-hydrogen) atoms. The number of ether oxygens (including phenoxy) is 3. The largest absolute Gasteiger partial charge is 0.459 e. The van der Waals surface area contributed by atoms with E-state index in [0.29, 0.717) is 5.52 Å². The maximum absolute atomic E-state index is 16.3. The summed E-state index contributed by atoms with van der Waals surface area (Å²) in [6.07, 6.45) is -0.613. The molecule has 1 saturated heterocycles. The molecule has 8 nitrogen and oxygen atoms in total. The lowest BCUT2D eigenvalue weighted by Crippen LogP contribution is -2.45. The van der Waals surface area contributed by atoms with Crippen molar-refractivity contribution in [2.24, 2.45) is 5.92 Å². The van der Waals surface area contributed by atoms with Gasteiger partial charge in [-0.25, -0.2) is 22.9 Å². The number of nitrogens with one attached hydrogen (secondary N) is 2. The Morgan fingerprint density at radius 1 is 1.07 bits per heavy atom. The van der Waals surface area contributed by atoms with E-state index in [0.717, 1.165) is 5.56 Å². The zero-order valence-corrected chi connectivity index (χ0v) is 24.7. The number of halogens is 3. The maximum Gasteiger partial charge on any atom is 0.408 e. The van der Waals surface area contributed by atoms with Crippen LogP contribution >= 0.6 is 0 Å². The summed E-state index contributed by atoms with van der Waals surface area (Å²) in [5.74, 6) is -4.12. The highest BCUT2D eigenvalue weighted by atomic mass is 19.3. The Bertz CT molecular complexity index is 1440. The van der Waals surface area contributed by atoms with E-state index in [-0.39, 0.29) is 81.2 Å². The number of hydrogen-bond donors (Lipinski definition) is 2. The number of aromatic nitrogens is 2. The Morgan fingerprint density at radius 2 is 1.74 bits per heavy atom. The molecule has 0 spiro atoms. The Kier molecular flexibility index (Phi) is 8.74. The third-order valence-corrected chi connectivity index (χ3v) is 8.28. The van der Waals surface area contributed by atoms with E-state index >= 15 is 4.39 Å². The highest BCUT2D eigenvalue weighted by Gasteiger charge is 2.47.